The Bertz CT molecular complexity index is 1650. The normalized spacial score (nSPS) is 18.8. The number of piperazine rings is 1. The van der Waals surface area contributed by atoms with Crippen LogP contribution in [0.3, 0.4) is 0 Å². The molecule has 4 heterocycles. The molecule has 1 aromatic carbocycles. The molecule has 1 N–H and O–H groups in total. The number of carbonyl (C=O) groups is 1. The van der Waals surface area contributed by atoms with E-state index in [1.807, 2.05) is 37.9 Å². The number of aromatic amines is 1. The Morgan fingerprint density at radius 2 is 1.93 bits per heavy atom. The van der Waals surface area contributed by atoms with E-state index in [0.29, 0.717) is 53.5 Å². The van der Waals surface area contributed by atoms with Crippen LogP contribution in [0.4, 0.5) is 4.39 Å². The summed E-state index contributed by atoms with van der Waals surface area (Å²) in [6.07, 6.45) is 2.77. The van der Waals surface area contributed by atoms with Gasteiger partial charge in [0.2, 0.25) is 5.91 Å². The molecule has 3 aromatic heterocycles. The predicted octanol–water partition coefficient (Wildman–Crippen LogP) is 4.03. The number of carbonyl (C=O) groups excluding carboxylic acids is 1. The number of benzene rings is 1. The molecule has 1 saturated heterocycles. The van der Waals surface area contributed by atoms with Crippen molar-refractivity contribution in [3.05, 3.63) is 73.1 Å². The third kappa shape index (κ3) is 5.72. The zero-order chi connectivity index (χ0) is 29.6. The predicted molar refractivity (Wildman–Crippen MR) is 158 cm³/mol. The highest BCUT2D eigenvalue weighted by Crippen LogP contribution is 2.25. The second kappa shape index (κ2) is 11.5. The molecule has 0 unspecified atom stereocenters. The summed E-state index contributed by atoms with van der Waals surface area (Å²) in [6, 6.07) is 4.98. The third-order valence-corrected chi connectivity index (χ3v) is 8.82. The summed E-state index contributed by atoms with van der Waals surface area (Å²) in [6.45, 7) is 11.8. The number of nitrogens with zero attached hydrogens (tertiary/aromatic N) is 7. The van der Waals surface area contributed by atoms with E-state index in [4.69, 9.17) is 0 Å². The molecular weight excluding hydrogens is 591 g/mol. The first-order valence-electron chi connectivity index (χ1n) is 13.9. The monoisotopic (exact) mass is 626 g/mol. The fourth-order valence-corrected chi connectivity index (χ4v) is 6.36. The van der Waals surface area contributed by atoms with Gasteiger partial charge in [0.05, 0.1) is 23.3 Å². The molecule has 41 heavy (non-hydrogen) atoms. The number of halogens is 2. The number of aryl methyl sites for hydroxylation is 3. The molecule has 1 fully saturated rings. The fourth-order valence-electron chi connectivity index (χ4n) is 6.02. The van der Waals surface area contributed by atoms with Gasteiger partial charge in [-0.1, -0.05) is 27.2 Å². The number of nitrogens with one attached hydrogen (secondary N) is 1. The van der Waals surface area contributed by atoms with Crippen molar-refractivity contribution in [2.75, 3.05) is 13.1 Å². The lowest BCUT2D eigenvalue weighted by molar-refractivity contribution is -0.135. The minimum atomic E-state index is -0.294. The van der Waals surface area contributed by atoms with E-state index in [1.165, 1.54) is 6.07 Å². The smallest absolute Gasteiger partial charge is 0.273 e. The highest BCUT2D eigenvalue weighted by atomic mass is 79.9. The van der Waals surface area contributed by atoms with Crippen molar-refractivity contribution >= 4 is 32.9 Å². The molecule has 0 aliphatic carbocycles. The van der Waals surface area contributed by atoms with E-state index < -0.39 is 0 Å². The van der Waals surface area contributed by atoms with Gasteiger partial charge in [0.15, 0.2) is 5.65 Å². The van der Waals surface area contributed by atoms with E-state index in [9.17, 15) is 14.0 Å². The number of pyridine rings is 1. The largest absolute Gasteiger partial charge is 0.340 e. The van der Waals surface area contributed by atoms with Crippen molar-refractivity contribution in [3.63, 3.8) is 0 Å². The zero-order valence-corrected chi connectivity index (χ0v) is 25.9. The summed E-state index contributed by atoms with van der Waals surface area (Å²) in [5, 5.41) is 12.0. The Balaban J connectivity index is 1.21. The first kappa shape index (κ1) is 29.1. The summed E-state index contributed by atoms with van der Waals surface area (Å²) < 4.78 is 18.5. The summed E-state index contributed by atoms with van der Waals surface area (Å²) in [4.78, 5) is 34.6. The van der Waals surface area contributed by atoms with Crippen LogP contribution in [0.5, 0.6) is 0 Å². The molecule has 10 nitrogen and oxygen atoms in total. The molecule has 5 rings (SSSR count). The van der Waals surface area contributed by atoms with Crippen molar-refractivity contribution < 1.29 is 9.18 Å². The summed E-state index contributed by atoms with van der Waals surface area (Å²) in [5.74, 6) is -0.191. The van der Waals surface area contributed by atoms with Gasteiger partial charge in [0, 0.05) is 60.9 Å². The van der Waals surface area contributed by atoms with E-state index in [2.05, 4.69) is 55.1 Å². The molecule has 0 saturated carbocycles. The quantitative estimate of drug-likeness (QED) is 0.332. The molecule has 1 amide bonds. The molecule has 3 atom stereocenters. The highest BCUT2D eigenvalue weighted by Gasteiger charge is 2.32. The lowest BCUT2D eigenvalue weighted by atomic mass is 9.99. The molecule has 0 spiro atoms. The fraction of sp³-hybridized carbons (Fsp3) is 0.483. The average Bonchev–Trinajstić information content (AvgIpc) is 3.49. The molecule has 0 bridgehead atoms. The van der Waals surface area contributed by atoms with E-state index in [1.54, 1.807) is 22.5 Å². The second-order valence-electron chi connectivity index (χ2n) is 11.2. The Hall–Kier alpha value is -3.38. The van der Waals surface area contributed by atoms with Gasteiger partial charge in [-0.15, -0.1) is 5.10 Å². The van der Waals surface area contributed by atoms with Gasteiger partial charge in [0.25, 0.3) is 5.56 Å². The zero-order valence-electron chi connectivity index (χ0n) is 24.3. The van der Waals surface area contributed by atoms with Crippen LogP contribution in [0, 0.1) is 19.7 Å². The summed E-state index contributed by atoms with van der Waals surface area (Å²) in [5.41, 5.74) is 4.52. The van der Waals surface area contributed by atoms with Crippen molar-refractivity contribution in [2.45, 2.75) is 72.1 Å². The van der Waals surface area contributed by atoms with Crippen LogP contribution >= 0.6 is 15.9 Å². The number of H-pyrrole nitrogens is 1. The maximum atomic E-state index is 14.5. The minimum absolute atomic E-state index is 0.0977. The van der Waals surface area contributed by atoms with Gasteiger partial charge in [-0.05, 0) is 64.3 Å². The lowest BCUT2D eigenvalue weighted by Crippen LogP contribution is -2.57. The van der Waals surface area contributed by atoms with Crippen LogP contribution in [0.25, 0.3) is 11.0 Å². The van der Waals surface area contributed by atoms with Gasteiger partial charge < -0.3 is 4.90 Å². The van der Waals surface area contributed by atoms with Crippen molar-refractivity contribution in [1.29, 1.82) is 0 Å². The van der Waals surface area contributed by atoms with Crippen LogP contribution in [0.15, 0.2) is 33.7 Å². The van der Waals surface area contributed by atoms with Gasteiger partial charge in [-0.25, -0.2) is 14.1 Å². The highest BCUT2D eigenvalue weighted by molar-refractivity contribution is 9.10. The second-order valence-corrected chi connectivity index (χ2v) is 12.1. The Kier molecular flexibility index (Phi) is 8.15. The Morgan fingerprint density at radius 3 is 2.61 bits per heavy atom. The number of fused-ring (bicyclic) bond motifs is 1. The SMILES string of the molecule is Cc1nc2c(c(C)c1CCC(=O)N1C[C@@H](C)N(Cc3cn([C@@H](C)c4ccc(Br)cc4F)nn3)[C@@H](C)C1)c(=O)[nH]n2C. The summed E-state index contributed by atoms with van der Waals surface area (Å²) in [7, 11) is 1.77. The third-order valence-electron chi connectivity index (χ3n) is 8.33. The lowest BCUT2D eigenvalue weighted by Gasteiger charge is -2.44. The standard InChI is InChI=1S/C29H36BrFN8O2/c1-16-12-37(26(40)10-9-23-18(3)27-28(32-19(23)4)36(6)34-29(27)41)13-17(2)38(16)14-22-15-39(35-33-22)20(5)24-8-7-21(30)11-25(24)31/h7-8,11,15-17,20H,9-10,12-14H2,1-6H3,(H,34,41)/t16-,17+,20-/m0/s1. The average molecular weight is 628 g/mol. The number of hydrogen-bond acceptors (Lipinski definition) is 6. The van der Waals surface area contributed by atoms with Crippen LogP contribution < -0.4 is 5.56 Å². The topological polar surface area (TPSA) is 105 Å². The molecule has 4 aromatic rings. The summed E-state index contributed by atoms with van der Waals surface area (Å²) >= 11 is 3.30. The number of amides is 1. The molecule has 1 aliphatic rings. The number of aromatic nitrogens is 6. The van der Waals surface area contributed by atoms with Gasteiger partial charge >= 0.3 is 0 Å². The minimum Gasteiger partial charge on any atom is -0.340 e. The van der Waals surface area contributed by atoms with Crippen LogP contribution in [0.2, 0.25) is 0 Å². The molecular formula is C29H36BrFN8O2. The van der Waals surface area contributed by atoms with Gasteiger partial charge in [-0.3, -0.25) is 24.3 Å². The van der Waals surface area contributed by atoms with Gasteiger partial charge in [0.1, 0.15) is 5.82 Å². The van der Waals surface area contributed by atoms with Crippen LogP contribution in [-0.4, -0.2) is 70.6 Å². The first-order valence-corrected chi connectivity index (χ1v) is 14.7. The van der Waals surface area contributed by atoms with Crippen molar-refractivity contribution in [2.24, 2.45) is 7.05 Å². The van der Waals surface area contributed by atoms with Crippen molar-refractivity contribution in [1.82, 2.24) is 39.6 Å². The van der Waals surface area contributed by atoms with E-state index in [-0.39, 0.29) is 35.4 Å². The first-order chi connectivity index (χ1) is 19.4. The van der Waals surface area contributed by atoms with Crippen LogP contribution in [0.1, 0.15) is 61.3 Å². The number of rotatable bonds is 7. The Labute approximate surface area is 246 Å². The number of hydrogen-bond donors (Lipinski definition) is 1. The molecule has 218 valence electrons. The maximum absolute atomic E-state index is 14.5. The van der Waals surface area contributed by atoms with E-state index >= 15 is 0 Å². The van der Waals surface area contributed by atoms with Gasteiger partial charge in [-0.2, -0.15) is 0 Å². The maximum Gasteiger partial charge on any atom is 0.273 e. The molecule has 0 radical (unpaired) electrons. The van der Waals surface area contributed by atoms with E-state index in [0.717, 1.165) is 22.5 Å². The molecule has 1 aliphatic heterocycles. The Morgan fingerprint density at radius 1 is 1.22 bits per heavy atom. The molecule has 12 heteroatoms. The van der Waals surface area contributed by atoms with Crippen molar-refractivity contribution in [3.8, 4) is 0 Å². The van der Waals surface area contributed by atoms with Crippen LogP contribution in [-0.2, 0) is 24.8 Å².